The molecule has 128 valence electrons. The summed E-state index contributed by atoms with van der Waals surface area (Å²) in [5.74, 6) is 0.398. The fourth-order valence-electron chi connectivity index (χ4n) is 2.08. The van der Waals surface area contributed by atoms with Gasteiger partial charge in [0.1, 0.15) is 12.4 Å². The summed E-state index contributed by atoms with van der Waals surface area (Å²) in [6, 6.07) is 10.6. The molecule has 0 aliphatic rings. The second-order valence-electron chi connectivity index (χ2n) is 6.88. The van der Waals surface area contributed by atoms with Crippen LogP contribution in [0.25, 0.3) is 0 Å². The van der Waals surface area contributed by atoms with Gasteiger partial charge in [0.05, 0.1) is 0 Å². The number of aryl methyl sites for hydroxylation is 2. The lowest BCUT2D eigenvalue weighted by Crippen LogP contribution is -2.26. The zero-order valence-corrected chi connectivity index (χ0v) is 14.8. The lowest BCUT2D eigenvalue weighted by molar-refractivity contribution is -0.128. The molecule has 0 atom stereocenters. The molecule has 5 nitrogen and oxygen atoms in total. The third-order valence-electron chi connectivity index (χ3n) is 3.81. The molecule has 2 aromatic rings. The molecule has 0 unspecified atom stereocenters. The van der Waals surface area contributed by atoms with Gasteiger partial charge in [-0.1, -0.05) is 20.8 Å². The standard InChI is InChI=1S/C19H24N2O3/c1-13-6-7-14(2)21(13)20-18(23)15-8-10-16(11-9-15)24-12-17(22)19(3,4)5/h6-11H,12H2,1-5H3,(H,20,23). The van der Waals surface area contributed by atoms with Crippen LogP contribution in [0.4, 0.5) is 0 Å². The first-order valence-electron chi connectivity index (χ1n) is 7.91. The topological polar surface area (TPSA) is 60.3 Å². The van der Waals surface area contributed by atoms with E-state index in [2.05, 4.69) is 5.43 Å². The van der Waals surface area contributed by atoms with Gasteiger partial charge in [-0.3, -0.25) is 19.7 Å². The third-order valence-corrected chi connectivity index (χ3v) is 3.81. The second kappa shape index (κ2) is 6.91. The van der Waals surface area contributed by atoms with Crippen LogP contribution in [0.15, 0.2) is 36.4 Å². The Hall–Kier alpha value is -2.56. The lowest BCUT2D eigenvalue weighted by atomic mass is 9.91. The van der Waals surface area contributed by atoms with E-state index in [-0.39, 0.29) is 18.3 Å². The van der Waals surface area contributed by atoms with Crippen molar-refractivity contribution in [3.05, 3.63) is 53.3 Å². The van der Waals surface area contributed by atoms with Crippen LogP contribution in [0.1, 0.15) is 42.5 Å². The van der Waals surface area contributed by atoms with Crippen LogP contribution in [0.2, 0.25) is 0 Å². The van der Waals surface area contributed by atoms with E-state index in [1.165, 1.54) is 0 Å². The number of rotatable bonds is 5. The van der Waals surface area contributed by atoms with E-state index < -0.39 is 5.41 Å². The van der Waals surface area contributed by atoms with Crippen molar-refractivity contribution < 1.29 is 14.3 Å². The van der Waals surface area contributed by atoms with Crippen molar-refractivity contribution in [3.8, 4) is 5.75 Å². The van der Waals surface area contributed by atoms with Gasteiger partial charge in [0.15, 0.2) is 5.78 Å². The van der Waals surface area contributed by atoms with Crippen LogP contribution in [-0.4, -0.2) is 23.0 Å². The van der Waals surface area contributed by atoms with Gasteiger partial charge in [-0.25, -0.2) is 0 Å². The molecule has 5 heteroatoms. The maximum Gasteiger partial charge on any atom is 0.270 e. The molecule has 24 heavy (non-hydrogen) atoms. The first-order chi connectivity index (χ1) is 11.2. The molecule has 0 aliphatic carbocycles. The van der Waals surface area contributed by atoms with E-state index >= 15 is 0 Å². The molecule has 0 fully saturated rings. The van der Waals surface area contributed by atoms with Crippen molar-refractivity contribution in [1.82, 2.24) is 4.68 Å². The van der Waals surface area contributed by atoms with Gasteiger partial charge in [0.25, 0.3) is 5.91 Å². The Morgan fingerprint density at radius 1 is 1.00 bits per heavy atom. The summed E-state index contributed by atoms with van der Waals surface area (Å²) < 4.78 is 7.23. The number of nitrogens with zero attached hydrogens (tertiary/aromatic N) is 1. The summed E-state index contributed by atoms with van der Waals surface area (Å²) in [6.45, 7) is 9.45. The van der Waals surface area contributed by atoms with Crippen LogP contribution in [0, 0.1) is 19.3 Å². The van der Waals surface area contributed by atoms with E-state index in [1.54, 1.807) is 28.9 Å². The molecular formula is C19H24N2O3. The average Bonchev–Trinajstić information content (AvgIpc) is 2.84. The number of aromatic nitrogens is 1. The van der Waals surface area contributed by atoms with Crippen LogP contribution in [-0.2, 0) is 4.79 Å². The summed E-state index contributed by atoms with van der Waals surface area (Å²) >= 11 is 0. The van der Waals surface area contributed by atoms with E-state index in [9.17, 15) is 9.59 Å². The number of carbonyl (C=O) groups excluding carboxylic acids is 2. The predicted octanol–water partition coefficient (Wildman–Crippen LogP) is 3.48. The molecule has 0 saturated carbocycles. The van der Waals surface area contributed by atoms with Gasteiger partial charge in [0, 0.05) is 22.4 Å². The Bertz CT molecular complexity index is 717. The Morgan fingerprint density at radius 2 is 1.54 bits per heavy atom. The van der Waals surface area contributed by atoms with Crippen molar-refractivity contribution in [2.24, 2.45) is 5.41 Å². The molecule has 1 aromatic carbocycles. The maximum absolute atomic E-state index is 12.3. The van der Waals surface area contributed by atoms with Crippen LogP contribution >= 0.6 is 0 Å². The highest BCUT2D eigenvalue weighted by Crippen LogP contribution is 2.17. The Morgan fingerprint density at radius 3 is 2.04 bits per heavy atom. The number of amides is 1. The van der Waals surface area contributed by atoms with Gasteiger partial charge < -0.3 is 4.74 Å². The number of hydrogen-bond donors (Lipinski definition) is 1. The van der Waals surface area contributed by atoms with E-state index in [0.717, 1.165) is 11.4 Å². The Labute approximate surface area is 142 Å². The minimum atomic E-state index is -0.424. The van der Waals surface area contributed by atoms with Crippen molar-refractivity contribution in [2.45, 2.75) is 34.6 Å². The summed E-state index contributed by atoms with van der Waals surface area (Å²) in [6.07, 6.45) is 0. The molecule has 0 aliphatic heterocycles. The molecule has 1 amide bonds. The molecule has 0 spiro atoms. The highest BCUT2D eigenvalue weighted by Gasteiger charge is 2.21. The molecule has 0 radical (unpaired) electrons. The summed E-state index contributed by atoms with van der Waals surface area (Å²) in [4.78, 5) is 24.2. The van der Waals surface area contributed by atoms with Gasteiger partial charge in [-0.15, -0.1) is 0 Å². The lowest BCUT2D eigenvalue weighted by Gasteiger charge is -2.16. The number of Topliss-reactive ketones (excluding diaryl/α,β-unsaturated/α-hetero) is 1. The first kappa shape index (κ1) is 17.8. The largest absolute Gasteiger partial charge is 0.486 e. The predicted molar refractivity (Wildman–Crippen MR) is 94.0 cm³/mol. The molecule has 1 aromatic heterocycles. The van der Waals surface area contributed by atoms with Crippen LogP contribution in [0.3, 0.4) is 0 Å². The summed E-state index contributed by atoms with van der Waals surface area (Å²) in [5.41, 5.74) is 4.87. The minimum Gasteiger partial charge on any atom is -0.486 e. The zero-order valence-electron chi connectivity index (χ0n) is 14.8. The Balaban J connectivity index is 1.99. The number of carbonyl (C=O) groups is 2. The van der Waals surface area contributed by atoms with Crippen LogP contribution < -0.4 is 10.2 Å². The Kier molecular flexibility index (Phi) is 5.12. The van der Waals surface area contributed by atoms with Crippen LogP contribution in [0.5, 0.6) is 5.75 Å². The number of nitrogens with one attached hydrogen (secondary N) is 1. The van der Waals surface area contributed by atoms with Gasteiger partial charge >= 0.3 is 0 Å². The number of ketones is 1. The molecule has 0 bridgehead atoms. The second-order valence-corrected chi connectivity index (χ2v) is 6.88. The third kappa shape index (κ3) is 4.25. The summed E-state index contributed by atoms with van der Waals surface area (Å²) in [5, 5.41) is 0. The number of ether oxygens (including phenoxy) is 1. The average molecular weight is 328 g/mol. The zero-order chi connectivity index (χ0) is 17.9. The molecule has 2 rings (SSSR count). The van der Waals surface area contributed by atoms with E-state index in [0.29, 0.717) is 11.3 Å². The van der Waals surface area contributed by atoms with E-state index in [4.69, 9.17) is 4.74 Å². The van der Waals surface area contributed by atoms with Crippen molar-refractivity contribution >= 4 is 11.7 Å². The maximum atomic E-state index is 12.3. The normalized spacial score (nSPS) is 11.2. The fraction of sp³-hybridized carbons (Fsp3) is 0.368. The van der Waals surface area contributed by atoms with E-state index in [1.807, 2.05) is 46.8 Å². The molecule has 0 saturated heterocycles. The monoisotopic (exact) mass is 328 g/mol. The highest BCUT2D eigenvalue weighted by molar-refractivity contribution is 6.00. The van der Waals surface area contributed by atoms with Gasteiger partial charge in [0.2, 0.25) is 0 Å². The highest BCUT2D eigenvalue weighted by atomic mass is 16.5. The van der Waals surface area contributed by atoms with Crippen molar-refractivity contribution in [2.75, 3.05) is 12.0 Å². The number of hydrogen-bond acceptors (Lipinski definition) is 3. The quantitative estimate of drug-likeness (QED) is 0.914. The molecule has 1 heterocycles. The van der Waals surface area contributed by atoms with Gasteiger partial charge in [-0.05, 0) is 50.2 Å². The number of benzene rings is 1. The van der Waals surface area contributed by atoms with Crippen molar-refractivity contribution in [1.29, 1.82) is 0 Å². The molecular weight excluding hydrogens is 304 g/mol. The van der Waals surface area contributed by atoms with Crippen molar-refractivity contribution in [3.63, 3.8) is 0 Å². The minimum absolute atomic E-state index is 0.0246. The van der Waals surface area contributed by atoms with Gasteiger partial charge in [-0.2, -0.15) is 0 Å². The molecule has 1 N–H and O–H groups in total. The SMILES string of the molecule is Cc1ccc(C)n1NC(=O)c1ccc(OCC(=O)C(C)(C)C)cc1. The first-order valence-corrected chi connectivity index (χ1v) is 7.91. The fourth-order valence-corrected chi connectivity index (χ4v) is 2.08. The summed E-state index contributed by atoms with van der Waals surface area (Å²) in [7, 11) is 0. The smallest absolute Gasteiger partial charge is 0.270 e.